The second-order valence-corrected chi connectivity index (χ2v) is 2.84. The normalized spacial score (nSPS) is 12.9. The number of rotatable bonds is 6. The van der Waals surface area contributed by atoms with Crippen LogP contribution < -0.4 is 5.32 Å². The minimum absolute atomic E-state index is 0.188. The summed E-state index contributed by atoms with van der Waals surface area (Å²) >= 11 is 0. The largest absolute Gasteiger partial charge is 0.481 e. The van der Waals surface area contributed by atoms with Crippen molar-refractivity contribution in [1.29, 1.82) is 0 Å². The Morgan fingerprint density at radius 2 is 2.18 bits per heavy atom. The van der Waals surface area contributed by atoms with Crippen LogP contribution >= 0.6 is 0 Å². The third-order valence-corrected chi connectivity index (χ3v) is 1.74. The van der Waals surface area contributed by atoms with Crippen LogP contribution in [0, 0.1) is 5.92 Å². The topological polar surface area (TPSA) is 49.3 Å². The number of carboxylic acid groups (broad SMARTS) is 1. The van der Waals surface area contributed by atoms with E-state index >= 15 is 0 Å². The van der Waals surface area contributed by atoms with Gasteiger partial charge in [-0.1, -0.05) is 13.3 Å². The number of carbonyl (C=O) groups is 1. The fraction of sp³-hybridized carbons (Fsp3) is 0.875. The Morgan fingerprint density at radius 1 is 1.55 bits per heavy atom. The van der Waals surface area contributed by atoms with E-state index in [4.69, 9.17) is 5.11 Å². The first-order valence-electron chi connectivity index (χ1n) is 4.06. The van der Waals surface area contributed by atoms with Crippen molar-refractivity contribution in [3.05, 3.63) is 0 Å². The summed E-state index contributed by atoms with van der Waals surface area (Å²) in [6.07, 6.45) is 2.85. The fourth-order valence-electron chi connectivity index (χ4n) is 0.876. The average Bonchev–Trinajstić information content (AvgIpc) is 1.97. The fourth-order valence-corrected chi connectivity index (χ4v) is 0.876. The molecule has 0 aliphatic carbocycles. The molecule has 0 radical (unpaired) electrons. The Morgan fingerprint density at radius 3 is 2.64 bits per heavy atom. The van der Waals surface area contributed by atoms with E-state index in [1.807, 2.05) is 7.05 Å². The van der Waals surface area contributed by atoms with Crippen LogP contribution in [0.3, 0.4) is 0 Å². The lowest BCUT2D eigenvalue weighted by atomic mass is 10.0. The molecule has 3 heteroatoms. The van der Waals surface area contributed by atoms with Crippen LogP contribution in [0.25, 0.3) is 0 Å². The number of carboxylic acids is 1. The minimum atomic E-state index is -0.686. The Hall–Kier alpha value is -0.570. The van der Waals surface area contributed by atoms with Crippen LogP contribution in [-0.4, -0.2) is 24.7 Å². The van der Waals surface area contributed by atoms with E-state index in [1.165, 1.54) is 0 Å². The molecule has 1 unspecified atom stereocenters. The molecule has 66 valence electrons. The van der Waals surface area contributed by atoms with Crippen LogP contribution in [0.1, 0.15) is 26.2 Å². The molecule has 0 fully saturated rings. The summed E-state index contributed by atoms with van der Waals surface area (Å²) in [6.45, 7) is 2.73. The number of hydrogen-bond donors (Lipinski definition) is 2. The lowest BCUT2D eigenvalue weighted by molar-refractivity contribution is -0.141. The van der Waals surface area contributed by atoms with Crippen LogP contribution in [0.4, 0.5) is 0 Å². The average molecular weight is 159 g/mol. The Balaban J connectivity index is 3.17. The van der Waals surface area contributed by atoms with E-state index in [0.717, 1.165) is 25.8 Å². The molecule has 11 heavy (non-hydrogen) atoms. The Kier molecular flexibility index (Phi) is 5.84. The molecule has 1 atom stereocenters. The highest BCUT2D eigenvalue weighted by Crippen LogP contribution is 2.06. The molecule has 0 heterocycles. The maximum absolute atomic E-state index is 10.3. The van der Waals surface area contributed by atoms with Crippen molar-refractivity contribution in [2.45, 2.75) is 26.2 Å². The third-order valence-electron chi connectivity index (χ3n) is 1.74. The van der Waals surface area contributed by atoms with Gasteiger partial charge in [0.1, 0.15) is 0 Å². The second-order valence-electron chi connectivity index (χ2n) is 2.84. The molecule has 0 bridgehead atoms. The first kappa shape index (κ1) is 10.4. The molecular weight excluding hydrogens is 142 g/mol. The summed E-state index contributed by atoms with van der Waals surface area (Å²) in [6, 6.07) is 0. The van der Waals surface area contributed by atoms with Gasteiger partial charge in [-0.25, -0.2) is 0 Å². The highest BCUT2D eigenvalue weighted by Gasteiger charge is 2.08. The monoisotopic (exact) mass is 159 g/mol. The molecule has 2 N–H and O–H groups in total. The summed E-state index contributed by atoms with van der Waals surface area (Å²) < 4.78 is 0. The zero-order valence-electron chi connectivity index (χ0n) is 7.26. The van der Waals surface area contributed by atoms with Gasteiger partial charge in [-0.3, -0.25) is 4.79 Å². The maximum atomic E-state index is 10.3. The Bertz CT molecular complexity index is 115. The van der Waals surface area contributed by atoms with Crippen LogP contribution in [0.15, 0.2) is 0 Å². The van der Waals surface area contributed by atoms with Gasteiger partial charge in [-0.05, 0) is 26.4 Å². The molecule has 0 saturated carbocycles. The molecule has 0 aliphatic rings. The van der Waals surface area contributed by atoms with Gasteiger partial charge in [0.2, 0.25) is 0 Å². The molecule has 0 rings (SSSR count). The van der Waals surface area contributed by atoms with E-state index < -0.39 is 5.97 Å². The summed E-state index contributed by atoms with van der Waals surface area (Å²) in [5.41, 5.74) is 0. The molecule has 0 aromatic carbocycles. The van der Waals surface area contributed by atoms with Gasteiger partial charge in [0, 0.05) is 0 Å². The van der Waals surface area contributed by atoms with E-state index in [-0.39, 0.29) is 5.92 Å². The third kappa shape index (κ3) is 5.85. The SMILES string of the molecule is CNCCCCC(C)C(=O)O. The van der Waals surface area contributed by atoms with Crippen LogP contribution in [0.2, 0.25) is 0 Å². The Labute approximate surface area is 67.8 Å². The number of hydrogen-bond acceptors (Lipinski definition) is 2. The highest BCUT2D eigenvalue weighted by molar-refractivity contribution is 5.69. The summed E-state index contributed by atoms with van der Waals surface area (Å²) in [5.74, 6) is -0.874. The van der Waals surface area contributed by atoms with Crippen molar-refractivity contribution >= 4 is 5.97 Å². The van der Waals surface area contributed by atoms with Gasteiger partial charge < -0.3 is 10.4 Å². The van der Waals surface area contributed by atoms with Gasteiger partial charge in [-0.2, -0.15) is 0 Å². The predicted octanol–water partition coefficient (Wildman–Crippen LogP) is 1.10. The highest BCUT2D eigenvalue weighted by atomic mass is 16.4. The molecule has 0 aromatic heterocycles. The van der Waals surface area contributed by atoms with Crippen molar-refractivity contribution in [3.8, 4) is 0 Å². The quantitative estimate of drug-likeness (QED) is 0.570. The van der Waals surface area contributed by atoms with E-state index in [0.29, 0.717) is 0 Å². The number of unbranched alkanes of at least 4 members (excludes halogenated alkanes) is 1. The zero-order valence-corrected chi connectivity index (χ0v) is 7.26. The first-order chi connectivity index (χ1) is 5.18. The second kappa shape index (κ2) is 6.16. The van der Waals surface area contributed by atoms with Crippen molar-refractivity contribution < 1.29 is 9.90 Å². The number of nitrogens with one attached hydrogen (secondary N) is 1. The van der Waals surface area contributed by atoms with Crippen molar-refractivity contribution in [2.24, 2.45) is 5.92 Å². The molecular formula is C8H17NO2. The molecule has 0 amide bonds. The molecule has 0 spiro atoms. The summed E-state index contributed by atoms with van der Waals surface area (Å²) in [4.78, 5) is 10.3. The predicted molar refractivity (Wildman–Crippen MR) is 44.6 cm³/mol. The van der Waals surface area contributed by atoms with Crippen LogP contribution in [0.5, 0.6) is 0 Å². The van der Waals surface area contributed by atoms with Crippen molar-refractivity contribution in [3.63, 3.8) is 0 Å². The molecule has 3 nitrogen and oxygen atoms in total. The van der Waals surface area contributed by atoms with Gasteiger partial charge in [0.15, 0.2) is 0 Å². The van der Waals surface area contributed by atoms with Crippen molar-refractivity contribution in [2.75, 3.05) is 13.6 Å². The lowest BCUT2D eigenvalue weighted by Crippen LogP contribution is -2.11. The summed E-state index contributed by atoms with van der Waals surface area (Å²) in [5, 5.41) is 11.5. The molecule has 0 aliphatic heterocycles. The standard InChI is InChI=1S/C8H17NO2/c1-7(8(10)11)5-3-4-6-9-2/h7,9H,3-6H2,1-2H3,(H,10,11). The summed E-state index contributed by atoms with van der Waals surface area (Å²) in [7, 11) is 1.90. The molecule has 0 aromatic rings. The minimum Gasteiger partial charge on any atom is -0.481 e. The van der Waals surface area contributed by atoms with Crippen LogP contribution in [-0.2, 0) is 4.79 Å². The zero-order chi connectivity index (χ0) is 8.69. The smallest absolute Gasteiger partial charge is 0.306 e. The van der Waals surface area contributed by atoms with Gasteiger partial charge >= 0.3 is 5.97 Å². The van der Waals surface area contributed by atoms with Gasteiger partial charge in [0.05, 0.1) is 5.92 Å². The first-order valence-corrected chi connectivity index (χ1v) is 4.06. The van der Waals surface area contributed by atoms with Gasteiger partial charge in [0.25, 0.3) is 0 Å². The lowest BCUT2D eigenvalue weighted by Gasteiger charge is -2.04. The van der Waals surface area contributed by atoms with E-state index in [9.17, 15) is 4.79 Å². The van der Waals surface area contributed by atoms with E-state index in [1.54, 1.807) is 6.92 Å². The molecule has 0 saturated heterocycles. The maximum Gasteiger partial charge on any atom is 0.306 e. The van der Waals surface area contributed by atoms with E-state index in [2.05, 4.69) is 5.32 Å². The number of aliphatic carboxylic acids is 1. The van der Waals surface area contributed by atoms with Gasteiger partial charge in [-0.15, -0.1) is 0 Å². The van der Waals surface area contributed by atoms with Crippen molar-refractivity contribution in [1.82, 2.24) is 5.32 Å².